The first-order valence-corrected chi connectivity index (χ1v) is 6.76. The van der Waals surface area contributed by atoms with Crippen LogP contribution in [0.5, 0.6) is 0 Å². The van der Waals surface area contributed by atoms with Crippen molar-refractivity contribution in [2.24, 2.45) is 11.8 Å². The van der Waals surface area contributed by atoms with Gasteiger partial charge >= 0.3 is 0 Å². The second kappa shape index (κ2) is 4.66. The van der Waals surface area contributed by atoms with Gasteiger partial charge in [0.2, 0.25) is 0 Å². The van der Waals surface area contributed by atoms with Crippen molar-refractivity contribution in [2.75, 3.05) is 18.0 Å². The van der Waals surface area contributed by atoms with Crippen LogP contribution in [-0.2, 0) is 0 Å². The van der Waals surface area contributed by atoms with E-state index >= 15 is 0 Å². The first kappa shape index (κ1) is 11.6. The topological polar surface area (TPSA) is 27.0 Å². The Kier molecular flexibility index (Phi) is 3.01. The molecule has 0 bridgehead atoms. The average molecular weight is 259 g/mol. The Morgan fingerprint density at radius 3 is 2.44 bits per heavy atom. The zero-order chi connectivity index (χ0) is 12.5. The fourth-order valence-electron chi connectivity index (χ4n) is 3.12. The van der Waals surface area contributed by atoms with Gasteiger partial charge in [-0.2, -0.15) is 5.26 Å². The van der Waals surface area contributed by atoms with E-state index in [4.69, 9.17) is 11.6 Å². The number of nitriles is 1. The van der Waals surface area contributed by atoms with Crippen LogP contribution in [0, 0.1) is 23.2 Å². The molecular weight excluding hydrogens is 244 g/mol. The van der Waals surface area contributed by atoms with Gasteiger partial charge in [0.25, 0.3) is 0 Å². The molecule has 1 fully saturated rings. The maximum Gasteiger partial charge on any atom is 0.101 e. The number of anilines is 1. The normalized spacial score (nSPS) is 25.9. The lowest BCUT2D eigenvalue weighted by Crippen LogP contribution is -2.21. The lowest BCUT2D eigenvalue weighted by molar-refractivity contribution is 0.411. The molecule has 0 saturated carbocycles. The second-order valence-corrected chi connectivity index (χ2v) is 5.52. The van der Waals surface area contributed by atoms with Crippen LogP contribution in [0.3, 0.4) is 0 Å². The van der Waals surface area contributed by atoms with Crippen LogP contribution in [0.15, 0.2) is 30.4 Å². The first-order chi connectivity index (χ1) is 8.79. The van der Waals surface area contributed by atoms with Crippen LogP contribution in [0.2, 0.25) is 5.02 Å². The molecule has 0 aromatic heterocycles. The summed E-state index contributed by atoms with van der Waals surface area (Å²) in [6.07, 6.45) is 6.88. The molecule has 1 aliphatic heterocycles. The third-order valence-corrected chi connectivity index (χ3v) is 4.35. The monoisotopic (exact) mass is 258 g/mol. The molecule has 3 rings (SSSR count). The SMILES string of the molecule is N#Cc1cccc(Cl)c1N1CC2CC=CCC2C1. The molecule has 1 aromatic carbocycles. The smallest absolute Gasteiger partial charge is 0.101 e. The summed E-state index contributed by atoms with van der Waals surface area (Å²) in [5.41, 5.74) is 1.62. The number of benzene rings is 1. The molecule has 0 spiro atoms. The van der Waals surface area contributed by atoms with Crippen molar-refractivity contribution in [2.45, 2.75) is 12.8 Å². The zero-order valence-corrected chi connectivity index (χ0v) is 10.9. The molecule has 2 atom stereocenters. The summed E-state index contributed by atoms with van der Waals surface area (Å²) in [5, 5.41) is 9.91. The third-order valence-electron chi connectivity index (χ3n) is 4.04. The zero-order valence-electron chi connectivity index (χ0n) is 10.1. The summed E-state index contributed by atoms with van der Waals surface area (Å²) in [6, 6.07) is 7.82. The van der Waals surface area contributed by atoms with E-state index in [0.29, 0.717) is 10.6 Å². The lowest BCUT2D eigenvalue weighted by atomic mass is 9.86. The predicted octanol–water partition coefficient (Wildman–Crippen LogP) is 3.61. The highest BCUT2D eigenvalue weighted by atomic mass is 35.5. The first-order valence-electron chi connectivity index (χ1n) is 6.38. The second-order valence-electron chi connectivity index (χ2n) is 5.12. The van der Waals surface area contributed by atoms with E-state index < -0.39 is 0 Å². The van der Waals surface area contributed by atoms with Gasteiger partial charge in [-0.15, -0.1) is 0 Å². The van der Waals surface area contributed by atoms with Crippen LogP contribution < -0.4 is 4.90 Å². The minimum atomic E-state index is 0.689. The summed E-state index contributed by atoms with van der Waals surface area (Å²) in [6.45, 7) is 2.04. The van der Waals surface area contributed by atoms with Crippen molar-refractivity contribution < 1.29 is 0 Å². The van der Waals surface area contributed by atoms with Gasteiger partial charge in [-0.05, 0) is 36.8 Å². The van der Waals surface area contributed by atoms with Gasteiger partial charge in [0.1, 0.15) is 6.07 Å². The van der Waals surface area contributed by atoms with Crippen molar-refractivity contribution in [1.82, 2.24) is 0 Å². The summed E-state index contributed by atoms with van der Waals surface area (Å²) >= 11 is 6.28. The quantitative estimate of drug-likeness (QED) is 0.720. The Bertz CT molecular complexity index is 514. The number of halogens is 1. The van der Waals surface area contributed by atoms with Crippen LogP contribution in [0.1, 0.15) is 18.4 Å². The molecule has 2 unspecified atom stereocenters. The van der Waals surface area contributed by atoms with Crippen molar-refractivity contribution in [3.8, 4) is 6.07 Å². The maximum absolute atomic E-state index is 9.21. The molecule has 92 valence electrons. The van der Waals surface area contributed by atoms with Gasteiger partial charge in [0.05, 0.1) is 16.3 Å². The van der Waals surface area contributed by atoms with Gasteiger partial charge in [0.15, 0.2) is 0 Å². The standard InChI is InChI=1S/C15H15ClN2/c16-14-7-3-6-11(8-17)15(14)18-9-12-4-1-2-5-13(12)10-18/h1-3,6-7,12-13H,4-5,9-10H2. The summed E-state index contributed by atoms with van der Waals surface area (Å²) in [4.78, 5) is 2.29. The molecule has 1 aliphatic carbocycles. The van der Waals surface area contributed by atoms with Crippen molar-refractivity contribution in [3.05, 3.63) is 40.9 Å². The minimum absolute atomic E-state index is 0.689. The Hall–Kier alpha value is -1.46. The molecule has 2 nitrogen and oxygen atoms in total. The van der Waals surface area contributed by atoms with Gasteiger partial charge in [0, 0.05) is 13.1 Å². The molecule has 0 amide bonds. The fraction of sp³-hybridized carbons (Fsp3) is 0.400. The van der Waals surface area contributed by atoms with Crippen molar-refractivity contribution >= 4 is 17.3 Å². The fourth-order valence-corrected chi connectivity index (χ4v) is 3.42. The molecule has 1 saturated heterocycles. The maximum atomic E-state index is 9.21. The summed E-state index contributed by atoms with van der Waals surface area (Å²) in [7, 11) is 0. The van der Waals surface area contributed by atoms with Crippen LogP contribution >= 0.6 is 11.6 Å². The van der Waals surface area contributed by atoms with E-state index in [0.717, 1.165) is 43.5 Å². The van der Waals surface area contributed by atoms with Crippen LogP contribution in [0.4, 0.5) is 5.69 Å². The number of nitrogens with zero attached hydrogens (tertiary/aromatic N) is 2. The number of rotatable bonds is 1. The molecule has 1 aromatic rings. The van der Waals surface area contributed by atoms with E-state index in [-0.39, 0.29) is 0 Å². The van der Waals surface area contributed by atoms with E-state index in [1.54, 1.807) is 0 Å². The molecular formula is C15H15ClN2. The van der Waals surface area contributed by atoms with E-state index in [9.17, 15) is 5.26 Å². The molecule has 18 heavy (non-hydrogen) atoms. The lowest BCUT2D eigenvalue weighted by Gasteiger charge is -2.21. The number of para-hydroxylation sites is 1. The number of hydrogen-bond acceptors (Lipinski definition) is 2. The highest BCUT2D eigenvalue weighted by Gasteiger charge is 2.34. The summed E-state index contributed by atoms with van der Waals surface area (Å²) < 4.78 is 0. The molecule has 3 heteroatoms. The Balaban J connectivity index is 1.91. The van der Waals surface area contributed by atoms with Crippen molar-refractivity contribution in [3.63, 3.8) is 0 Å². The highest BCUT2D eigenvalue weighted by Crippen LogP contribution is 2.39. The van der Waals surface area contributed by atoms with Crippen molar-refractivity contribution in [1.29, 1.82) is 5.26 Å². The molecule has 0 radical (unpaired) electrons. The minimum Gasteiger partial charge on any atom is -0.369 e. The molecule has 2 aliphatic rings. The van der Waals surface area contributed by atoms with Crippen LogP contribution in [-0.4, -0.2) is 13.1 Å². The summed E-state index contributed by atoms with van der Waals surface area (Å²) in [5.74, 6) is 1.44. The van der Waals surface area contributed by atoms with Gasteiger partial charge in [-0.3, -0.25) is 0 Å². The molecule has 0 N–H and O–H groups in total. The number of hydrogen-bond donors (Lipinski definition) is 0. The van der Waals surface area contributed by atoms with Crippen LogP contribution in [0.25, 0.3) is 0 Å². The Morgan fingerprint density at radius 2 is 1.83 bits per heavy atom. The van der Waals surface area contributed by atoms with Gasteiger partial charge in [-0.25, -0.2) is 0 Å². The largest absolute Gasteiger partial charge is 0.369 e. The average Bonchev–Trinajstić information content (AvgIpc) is 2.81. The van der Waals surface area contributed by atoms with Gasteiger partial charge in [-0.1, -0.05) is 29.8 Å². The Labute approximate surface area is 112 Å². The van der Waals surface area contributed by atoms with E-state index in [2.05, 4.69) is 23.1 Å². The van der Waals surface area contributed by atoms with Gasteiger partial charge < -0.3 is 4.90 Å². The number of fused-ring (bicyclic) bond motifs is 1. The Morgan fingerprint density at radius 1 is 1.17 bits per heavy atom. The highest BCUT2D eigenvalue weighted by molar-refractivity contribution is 6.33. The van der Waals surface area contributed by atoms with E-state index in [1.165, 1.54) is 0 Å². The molecule has 1 heterocycles. The number of allylic oxidation sites excluding steroid dienone is 2. The predicted molar refractivity (Wildman–Crippen MR) is 73.7 cm³/mol. The third kappa shape index (κ3) is 1.89. The van der Waals surface area contributed by atoms with E-state index in [1.807, 2.05) is 18.2 Å².